The molecule has 5 nitrogen and oxygen atoms in total. The molecule has 0 saturated heterocycles. The minimum Gasteiger partial charge on any atom is -0.436 e. The molecule has 0 fully saturated rings. The summed E-state index contributed by atoms with van der Waals surface area (Å²) in [6, 6.07) is 62.9. The van der Waals surface area contributed by atoms with Gasteiger partial charge in [-0.1, -0.05) is 171 Å². The van der Waals surface area contributed by atoms with E-state index in [9.17, 15) is 0 Å². The Kier molecular flexibility index (Phi) is 10.1. The fourth-order valence-electron chi connectivity index (χ4n) is 10.5. The third-order valence-corrected chi connectivity index (χ3v) is 14.4. The van der Waals surface area contributed by atoms with Gasteiger partial charge in [0, 0.05) is 48.0 Å². The van der Waals surface area contributed by atoms with E-state index in [0.29, 0.717) is 0 Å². The molecular weight excluding hydrogens is 958 g/mol. The normalized spacial score (nSPS) is 14.2. The summed E-state index contributed by atoms with van der Waals surface area (Å²) in [6.07, 6.45) is 2.00. The summed E-state index contributed by atoms with van der Waals surface area (Å²) in [5, 5.41) is 4.72. The molecule has 0 N–H and O–H groups in total. The maximum Gasteiger partial charge on any atom is 0.399 e. The van der Waals surface area contributed by atoms with Gasteiger partial charge in [0.2, 0.25) is 0 Å². The van der Waals surface area contributed by atoms with Gasteiger partial charge in [0.25, 0.3) is 0 Å². The van der Waals surface area contributed by atoms with Gasteiger partial charge < -0.3 is 9.29 Å². The average molecular weight is 1010 g/mol. The smallest absolute Gasteiger partial charge is 0.399 e. The number of hydrogen-bond acceptors (Lipinski definition) is 3. The number of aromatic nitrogens is 4. The van der Waals surface area contributed by atoms with Crippen molar-refractivity contribution in [1.29, 1.82) is 0 Å². The van der Waals surface area contributed by atoms with Crippen LogP contribution in [0.25, 0.3) is 73.0 Å². The second-order valence-electron chi connectivity index (χ2n) is 18.2. The second-order valence-corrected chi connectivity index (χ2v) is 18.2. The maximum absolute atomic E-state index is 5.52. The fourth-order valence-corrected chi connectivity index (χ4v) is 10.5. The molecule has 2 aliphatic heterocycles. The molecule has 1 aliphatic carbocycles. The molecule has 0 amide bonds. The Labute approximate surface area is 391 Å². The Morgan fingerprint density at radius 2 is 1.12 bits per heavy atom. The van der Waals surface area contributed by atoms with Crippen LogP contribution in [0.2, 0.25) is 0 Å². The first-order valence-corrected chi connectivity index (χ1v) is 21.9. The van der Waals surface area contributed by atoms with E-state index >= 15 is 0 Å². The molecule has 0 saturated carbocycles. The van der Waals surface area contributed by atoms with Crippen molar-refractivity contribution in [3.05, 3.63) is 198 Å². The molecule has 2 aromatic heterocycles. The van der Waals surface area contributed by atoms with Gasteiger partial charge in [-0.25, -0.2) is 0 Å². The fraction of sp³-hybridized carbons (Fsp3) is 0.158. The van der Waals surface area contributed by atoms with Gasteiger partial charge in [-0.05, 0) is 65.3 Å². The summed E-state index contributed by atoms with van der Waals surface area (Å²) >= 11 is 0. The van der Waals surface area contributed by atoms with Gasteiger partial charge in [0.15, 0.2) is 0 Å². The van der Waals surface area contributed by atoms with Crippen molar-refractivity contribution in [3.8, 4) is 73.0 Å². The summed E-state index contributed by atoms with van der Waals surface area (Å²) in [4.78, 5) is 7.92. The predicted molar refractivity (Wildman–Crippen MR) is 261 cm³/mol. The molecule has 7 heteroatoms. The van der Waals surface area contributed by atoms with Crippen molar-refractivity contribution in [1.82, 2.24) is 19.2 Å². The zero-order valence-electron chi connectivity index (χ0n) is 37.2. The van der Waals surface area contributed by atoms with Crippen LogP contribution in [-0.2, 0) is 30.9 Å². The molecule has 0 bridgehead atoms. The Morgan fingerprint density at radius 1 is 0.562 bits per heavy atom. The standard InChI is InChI=1S/C36H27BN3.C21H21N2.Ir/c1-23-13-12-14-24(2)33(23)37-39(3)32-22-11-10-21-31(32)36-38-34-29-19-8-6-17-27(29)25-15-4-5-16-26(25)28-18-7-9-20-30(28)35(34)40(36)37;1-20(2)17-12-8-9-13-18(17)23-19(21(20,3)4)16(14-22-23)15-10-6-5-7-11-15;/h4-20,22H,1-3H3;5-12,14H,1-4H3;/q2*-1;. The Balaban J connectivity index is 0.000000172. The number of benzene rings is 7. The molecule has 4 heterocycles. The molecule has 7 aromatic carbocycles. The van der Waals surface area contributed by atoms with Crippen molar-refractivity contribution in [2.75, 3.05) is 11.9 Å². The summed E-state index contributed by atoms with van der Waals surface area (Å²) < 4.78 is 4.57. The number of anilines is 1. The Hall–Kier alpha value is -6.53. The second kappa shape index (κ2) is 15.6. The van der Waals surface area contributed by atoms with Crippen LogP contribution in [0, 0.1) is 26.0 Å². The van der Waals surface area contributed by atoms with Gasteiger partial charge in [0.05, 0.1) is 23.3 Å². The van der Waals surface area contributed by atoms with Crippen molar-refractivity contribution in [3.63, 3.8) is 0 Å². The molecule has 1 radical (unpaired) electrons. The molecule has 0 unspecified atom stereocenters. The largest absolute Gasteiger partial charge is 0.436 e. The van der Waals surface area contributed by atoms with E-state index in [-0.39, 0.29) is 37.9 Å². The summed E-state index contributed by atoms with van der Waals surface area (Å²) in [6.45, 7) is 13.7. The van der Waals surface area contributed by atoms with E-state index < -0.39 is 0 Å². The van der Waals surface area contributed by atoms with E-state index in [1.54, 1.807) is 0 Å². The number of rotatable bonds is 2. The topological polar surface area (TPSA) is 38.9 Å². The van der Waals surface area contributed by atoms with Gasteiger partial charge >= 0.3 is 6.98 Å². The number of imidazole rings is 1. The predicted octanol–water partition coefficient (Wildman–Crippen LogP) is 12.5. The first kappa shape index (κ1) is 41.5. The third-order valence-electron chi connectivity index (χ3n) is 14.4. The number of para-hydroxylation sites is 1. The molecule has 0 spiro atoms. The minimum absolute atomic E-state index is 0. The summed E-state index contributed by atoms with van der Waals surface area (Å²) in [5.74, 6) is 0.960. The third kappa shape index (κ3) is 6.09. The molecule has 64 heavy (non-hydrogen) atoms. The van der Waals surface area contributed by atoms with Crippen LogP contribution in [0.5, 0.6) is 0 Å². The monoisotopic (exact) mass is 1010 g/mol. The average Bonchev–Trinajstić information content (AvgIpc) is 3.94. The van der Waals surface area contributed by atoms with Crippen molar-refractivity contribution >= 4 is 18.1 Å². The van der Waals surface area contributed by atoms with E-state index in [2.05, 4.69) is 220 Å². The number of hydrogen-bond donors (Lipinski definition) is 0. The van der Waals surface area contributed by atoms with E-state index in [1.165, 1.54) is 66.8 Å². The summed E-state index contributed by atoms with van der Waals surface area (Å²) in [7, 11) is 2.20. The molecule has 12 rings (SSSR count). The quantitative estimate of drug-likeness (QED) is 0.128. The summed E-state index contributed by atoms with van der Waals surface area (Å²) in [5.41, 5.74) is 21.5. The van der Waals surface area contributed by atoms with Gasteiger partial charge in [-0.3, -0.25) is 9.67 Å². The van der Waals surface area contributed by atoms with Crippen LogP contribution < -0.4 is 10.3 Å². The first-order chi connectivity index (χ1) is 30.6. The molecule has 0 atom stereocenters. The van der Waals surface area contributed by atoms with Gasteiger partial charge in [0.1, 0.15) is 0 Å². The van der Waals surface area contributed by atoms with Crippen molar-refractivity contribution < 1.29 is 20.1 Å². The number of fused-ring (bicyclic) bond motifs is 15. The Morgan fingerprint density at radius 3 is 1.80 bits per heavy atom. The molecule has 3 aliphatic rings. The van der Waals surface area contributed by atoms with Crippen LogP contribution in [0.1, 0.15) is 50.1 Å². The molecular formula is C57H48BIrN5-2. The molecule has 9 aromatic rings. The van der Waals surface area contributed by atoms with Crippen LogP contribution in [0.4, 0.5) is 5.69 Å². The van der Waals surface area contributed by atoms with Crippen LogP contribution in [0.3, 0.4) is 0 Å². The zero-order chi connectivity index (χ0) is 43.2. The van der Waals surface area contributed by atoms with Crippen LogP contribution in [-0.4, -0.2) is 33.3 Å². The zero-order valence-corrected chi connectivity index (χ0v) is 39.6. The number of aryl methyl sites for hydroxylation is 2. The first-order valence-electron chi connectivity index (χ1n) is 21.9. The van der Waals surface area contributed by atoms with Crippen molar-refractivity contribution in [2.45, 2.75) is 52.4 Å². The van der Waals surface area contributed by atoms with E-state index in [4.69, 9.17) is 10.1 Å². The van der Waals surface area contributed by atoms with E-state index in [1.807, 2.05) is 18.3 Å². The number of nitrogens with zero attached hydrogens (tertiary/aromatic N) is 5. The van der Waals surface area contributed by atoms with Gasteiger partial charge in [-0.2, -0.15) is 29.4 Å². The van der Waals surface area contributed by atoms with Crippen LogP contribution >= 0.6 is 0 Å². The van der Waals surface area contributed by atoms with Crippen LogP contribution in [0.15, 0.2) is 164 Å². The maximum atomic E-state index is 5.52. The minimum atomic E-state index is -0.0642. The SMILES string of the molecule is CC1(C)c2ccc[c-]c2-n2ncc(-c3ccccc3)c2C1(C)C.Cc1cccc(C)c1B1N(C)c2ccc[c-]c2-c2nc3c(n21)-c1ccccc1-c1ccccc1-c1ccccc1-3.[Ir]. The molecule has 315 valence electrons. The van der Waals surface area contributed by atoms with Crippen molar-refractivity contribution in [2.24, 2.45) is 0 Å². The van der Waals surface area contributed by atoms with Gasteiger partial charge in [-0.15, -0.1) is 29.8 Å². The Bertz CT molecular complexity index is 3220. The van der Waals surface area contributed by atoms with E-state index in [0.717, 1.165) is 39.7 Å².